The molecule has 0 saturated heterocycles. The van der Waals surface area contributed by atoms with Crippen LogP contribution in [0.4, 0.5) is 0 Å². The second-order valence-corrected chi connectivity index (χ2v) is 4.67. The van der Waals surface area contributed by atoms with Gasteiger partial charge in [-0.25, -0.2) is 0 Å². The van der Waals surface area contributed by atoms with Crippen LogP contribution >= 0.6 is 0 Å². The van der Waals surface area contributed by atoms with E-state index in [-0.39, 0.29) is 0 Å². The van der Waals surface area contributed by atoms with Crippen molar-refractivity contribution in [2.24, 2.45) is 23.7 Å². The Morgan fingerprint density at radius 3 is 2.64 bits per heavy atom. The van der Waals surface area contributed by atoms with Crippen molar-refractivity contribution in [3.8, 4) is 0 Å². The average molecular weight is 149 g/mol. The second kappa shape index (κ2) is 1.88. The van der Waals surface area contributed by atoms with Gasteiger partial charge in [0.2, 0.25) is 0 Å². The zero-order valence-corrected chi connectivity index (χ0v) is 6.84. The fourth-order valence-corrected chi connectivity index (χ4v) is 2.40. The van der Waals surface area contributed by atoms with Crippen LogP contribution in [0.3, 0.4) is 0 Å². The van der Waals surface area contributed by atoms with Crippen LogP contribution in [0.5, 0.6) is 0 Å². The molecule has 0 aliphatic heterocycles. The molecule has 0 radical (unpaired) electrons. The molecule has 0 aromatic carbocycles. The first-order valence-corrected chi connectivity index (χ1v) is 4.92. The molecular formula is C10H15N. The highest BCUT2D eigenvalue weighted by Gasteiger charge is 2.51. The molecular weight excluding hydrogens is 134 g/mol. The summed E-state index contributed by atoms with van der Waals surface area (Å²) >= 11 is 0. The summed E-state index contributed by atoms with van der Waals surface area (Å²) in [5.74, 6) is 3.90. The van der Waals surface area contributed by atoms with Gasteiger partial charge in [-0.15, -0.1) is 0 Å². The molecule has 1 nitrogen and oxygen atoms in total. The molecule has 1 N–H and O–H groups in total. The van der Waals surface area contributed by atoms with E-state index >= 15 is 0 Å². The van der Waals surface area contributed by atoms with Crippen LogP contribution in [0.15, 0.2) is 0 Å². The maximum absolute atomic E-state index is 7.43. The maximum atomic E-state index is 7.43. The summed E-state index contributed by atoms with van der Waals surface area (Å²) in [5.41, 5.74) is 1.05. The maximum Gasteiger partial charge on any atom is 0.0133 e. The fraction of sp³-hybridized carbons (Fsp3) is 0.900. The standard InChI is InChI=1S/C10H15N/c11-10-5-9(10)8-4-7(8)3-6-1-2-6/h6-9,11H,1-5H2. The van der Waals surface area contributed by atoms with Crippen molar-refractivity contribution in [1.29, 1.82) is 5.41 Å². The largest absolute Gasteiger partial charge is 0.309 e. The highest BCUT2D eigenvalue weighted by atomic mass is 14.6. The molecule has 0 aromatic heterocycles. The fourth-order valence-electron chi connectivity index (χ4n) is 2.40. The summed E-state index contributed by atoms with van der Waals surface area (Å²) in [7, 11) is 0. The molecule has 0 spiro atoms. The normalized spacial score (nSPS) is 47.6. The first-order chi connectivity index (χ1) is 5.34. The molecule has 0 bridgehead atoms. The molecule has 3 unspecified atom stereocenters. The Balaban J connectivity index is 1.50. The van der Waals surface area contributed by atoms with Gasteiger partial charge < -0.3 is 5.41 Å². The number of nitrogens with one attached hydrogen (secondary N) is 1. The summed E-state index contributed by atoms with van der Waals surface area (Å²) in [6, 6.07) is 0. The number of hydrogen-bond donors (Lipinski definition) is 1. The molecule has 0 amide bonds. The summed E-state index contributed by atoms with van der Waals surface area (Å²) in [6.45, 7) is 0. The van der Waals surface area contributed by atoms with Crippen LogP contribution in [0.25, 0.3) is 0 Å². The van der Waals surface area contributed by atoms with E-state index in [1.165, 1.54) is 25.7 Å². The molecule has 0 heterocycles. The van der Waals surface area contributed by atoms with E-state index in [1.807, 2.05) is 0 Å². The van der Waals surface area contributed by atoms with E-state index in [2.05, 4.69) is 0 Å². The smallest absolute Gasteiger partial charge is 0.0133 e. The Hall–Kier alpha value is -0.330. The van der Waals surface area contributed by atoms with Crippen molar-refractivity contribution in [2.45, 2.75) is 32.1 Å². The van der Waals surface area contributed by atoms with Crippen molar-refractivity contribution < 1.29 is 0 Å². The van der Waals surface area contributed by atoms with E-state index < -0.39 is 0 Å². The van der Waals surface area contributed by atoms with Gasteiger partial charge in [0.05, 0.1) is 0 Å². The van der Waals surface area contributed by atoms with Gasteiger partial charge in [-0.3, -0.25) is 0 Å². The highest BCUT2D eigenvalue weighted by molar-refractivity contribution is 5.99. The van der Waals surface area contributed by atoms with Gasteiger partial charge in [0.15, 0.2) is 0 Å². The second-order valence-electron chi connectivity index (χ2n) is 4.67. The molecule has 60 valence electrons. The van der Waals surface area contributed by atoms with E-state index in [9.17, 15) is 0 Å². The third-order valence-corrected chi connectivity index (χ3v) is 3.55. The highest BCUT2D eigenvalue weighted by Crippen LogP contribution is 2.56. The quantitative estimate of drug-likeness (QED) is 0.637. The molecule has 3 aliphatic rings. The van der Waals surface area contributed by atoms with Gasteiger partial charge in [0.25, 0.3) is 0 Å². The lowest BCUT2D eigenvalue weighted by Gasteiger charge is -1.93. The minimum Gasteiger partial charge on any atom is -0.309 e. The first kappa shape index (κ1) is 6.22. The summed E-state index contributed by atoms with van der Waals surface area (Å²) in [5, 5.41) is 7.43. The predicted molar refractivity (Wildman–Crippen MR) is 44.8 cm³/mol. The summed E-state index contributed by atoms with van der Waals surface area (Å²) in [4.78, 5) is 0. The van der Waals surface area contributed by atoms with Crippen molar-refractivity contribution in [3.05, 3.63) is 0 Å². The van der Waals surface area contributed by atoms with Crippen LogP contribution in [0, 0.1) is 29.1 Å². The summed E-state index contributed by atoms with van der Waals surface area (Å²) in [6.07, 6.45) is 7.13. The Labute approximate surface area is 67.7 Å². The number of hydrogen-bond acceptors (Lipinski definition) is 1. The average Bonchev–Trinajstić information content (AvgIpc) is 2.69. The van der Waals surface area contributed by atoms with Gasteiger partial charge in [-0.1, -0.05) is 12.8 Å². The Kier molecular flexibility index (Phi) is 1.06. The van der Waals surface area contributed by atoms with Crippen LogP contribution in [-0.2, 0) is 0 Å². The zero-order valence-electron chi connectivity index (χ0n) is 6.84. The lowest BCUT2D eigenvalue weighted by molar-refractivity contribution is 0.574. The third-order valence-electron chi connectivity index (χ3n) is 3.55. The monoisotopic (exact) mass is 149 g/mol. The van der Waals surface area contributed by atoms with Gasteiger partial charge in [0, 0.05) is 11.6 Å². The van der Waals surface area contributed by atoms with Gasteiger partial charge in [0.1, 0.15) is 0 Å². The lowest BCUT2D eigenvalue weighted by atomic mass is 10.1. The van der Waals surface area contributed by atoms with Crippen LogP contribution < -0.4 is 0 Å². The van der Waals surface area contributed by atoms with Gasteiger partial charge >= 0.3 is 0 Å². The molecule has 1 heteroatoms. The van der Waals surface area contributed by atoms with E-state index in [0.29, 0.717) is 0 Å². The van der Waals surface area contributed by atoms with E-state index in [0.717, 1.165) is 35.8 Å². The minimum atomic E-state index is 0.763. The SMILES string of the molecule is N=C1CC1C1CC1CC1CC1. The molecule has 3 atom stereocenters. The van der Waals surface area contributed by atoms with E-state index in [1.54, 1.807) is 0 Å². The lowest BCUT2D eigenvalue weighted by Crippen LogP contribution is -1.88. The van der Waals surface area contributed by atoms with E-state index in [4.69, 9.17) is 5.41 Å². The molecule has 3 aliphatic carbocycles. The van der Waals surface area contributed by atoms with Crippen molar-refractivity contribution in [2.75, 3.05) is 0 Å². The Morgan fingerprint density at radius 1 is 1.36 bits per heavy atom. The Bertz CT molecular complexity index is 205. The first-order valence-electron chi connectivity index (χ1n) is 4.92. The molecule has 0 aromatic rings. The van der Waals surface area contributed by atoms with Crippen LogP contribution in [-0.4, -0.2) is 5.71 Å². The predicted octanol–water partition coefficient (Wildman–Crippen LogP) is 2.46. The van der Waals surface area contributed by atoms with Crippen molar-refractivity contribution in [3.63, 3.8) is 0 Å². The topological polar surface area (TPSA) is 23.9 Å². The minimum absolute atomic E-state index is 0.763. The molecule has 3 rings (SSSR count). The Morgan fingerprint density at radius 2 is 2.09 bits per heavy atom. The summed E-state index contributed by atoms with van der Waals surface area (Å²) < 4.78 is 0. The molecule has 3 fully saturated rings. The van der Waals surface area contributed by atoms with Gasteiger partial charge in [-0.2, -0.15) is 0 Å². The van der Waals surface area contributed by atoms with Crippen molar-refractivity contribution in [1.82, 2.24) is 0 Å². The van der Waals surface area contributed by atoms with Crippen LogP contribution in [0.1, 0.15) is 32.1 Å². The zero-order chi connectivity index (χ0) is 7.42. The number of rotatable bonds is 3. The van der Waals surface area contributed by atoms with Gasteiger partial charge in [-0.05, 0) is 37.0 Å². The third kappa shape index (κ3) is 1.11. The molecule has 3 saturated carbocycles. The van der Waals surface area contributed by atoms with Crippen molar-refractivity contribution >= 4 is 5.71 Å². The van der Waals surface area contributed by atoms with Crippen LogP contribution in [0.2, 0.25) is 0 Å². The molecule has 11 heavy (non-hydrogen) atoms.